The van der Waals surface area contributed by atoms with E-state index in [0.717, 1.165) is 17.8 Å². The molecule has 0 aromatic heterocycles. The minimum Gasteiger partial charge on any atom is -0.467 e. The van der Waals surface area contributed by atoms with Crippen LogP contribution in [-0.2, 0) is 19.7 Å². The Morgan fingerprint density at radius 2 is 2.15 bits per heavy atom. The molecule has 1 unspecified atom stereocenters. The molecule has 3 aliphatic heterocycles. The van der Waals surface area contributed by atoms with Crippen LogP contribution in [0, 0.1) is 11.3 Å². The van der Waals surface area contributed by atoms with Crippen LogP contribution in [-0.4, -0.2) is 59.6 Å². The van der Waals surface area contributed by atoms with Crippen LogP contribution in [0.4, 0.5) is 5.69 Å². The van der Waals surface area contributed by atoms with Gasteiger partial charge in [-0.25, -0.2) is 4.79 Å². The monoisotopic (exact) mass is 368 g/mol. The summed E-state index contributed by atoms with van der Waals surface area (Å²) in [6, 6.07) is 8.01. The van der Waals surface area contributed by atoms with Crippen LogP contribution in [0.25, 0.3) is 0 Å². The topological polar surface area (TPSA) is 78.9 Å². The molecular formula is C21H24N2O4. The second-order valence-electron chi connectivity index (χ2n) is 9.07. The number of Topliss-reactive ketones (excluding diaryl/α,β-unsaturated/α-hetero) is 1. The number of nitrogens with zero attached hydrogens (tertiary/aromatic N) is 1. The molecule has 6 rings (SSSR count). The molecule has 4 fully saturated rings. The number of hydrogen-bond acceptors (Lipinski definition) is 6. The normalized spacial score (nSPS) is 46.4. The standard InChI is InChI=1S/C21H24N2O4/c1-27-18(26)20-8-7-19-10-15(24)13-11-23(9-6-16(19)25)17(19)21(13,20)12-4-2-3-5-14(12)22-20/h2-5,13,16-17,22,25H,6-11H2,1H3/t13?,16-,17-,19+,20-,21+/m0/s1. The molecule has 1 aromatic rings. The van der Waals surface area contributed by atoms with Crippen LogP contribution in [0.15, 0.2) is 24.3 Å². The SMILES string of the molecule is COC(=O)[C@@]12CC[C@@]34CC(=O)C5CN(CC[C@@H]3O)[C@@H]4[C@@]51c1ccccc1N2. The minimum atomic E-state index is -0.938. The van der Waals surface area contributed by atoms with Crippen LogP contribution in [0.2, 0.25) is 0 Å². The number of benzene rings is 1. The Kier molecular flexibility index (Phi) is 2.82. The number of piperidine rings is 1. The van der Waals surface area contributed by atoms with Crippen molar-refractivity contribution >= 4 is 17.4 Å². The first-order chi connectivity index (χ1) is 13.0. The second kappa shape index (κ2) is 4.73. The number of nitrogens with one attached hydrogen (secondary N) is 1. The molecule has 2 N–H and O–H groups in total. The summed E-state index contributed by atoms with van der Waals surface area (Å²) in [5.41, 5.74) is -0.0731. The number of carbonyl (C=O) groups excluding carboxylic acids is 2. The van der Waals surface area contributed by atoms with Gasteiger partial charge in [-0.3, -0.25) is 9.69 Å². The van der Waals surface area contributed by atoms with E-state index in [9.17, 15) is 14.7 Å². The quantitative estimate of drug-likeness (QED) is 0.723. The van der Waals surface area contributed by atoms with E-state index < -0.39 is 22.5 Å². The molecule has 1 aromatic carbocycles. The predicted molar refractivity (Wildman–Crippen MR) is 97.3 cm³/mol. The number of carbonyl (C=O) groups is 2. The fourth-order valence-electron chi connectivity index (χ4n) is 7.73. The van der Waals surface area contributed by atoms with Gasteiger partial charge in [0.25, 0.3) is 0 Å². The number of ketones is 1. The summed E-state index contributed by atoms with van der Waals surface area (Å²) >= 11 is 0. The Balaban J connectivity index is 1.72. The molecule has 0 amide bonds. The summed E-state index contributed by atoms with van der Waals surface area (Å²) in [6.07, 6.45) is 1.88. The number of hydrogen-bond donors (Lipinski definition) is 2. The van der Waals surface area contributed by atoms with E-state index in [4.69, 9.17) is 4.74 Å². The van der Waals surface area contributed by atoms with Crippen molar-refractivity contribution in [2.24, 2.45) is 11.3 Å². The number of methoxy groups -OCH3 is 1. The van der Waals surface area contributed by atoms with E-state index in [1.54, 1.807) is 0 Å². The molecule has 6 atom stereocenters. The smallest absolute Gasteiger partial charge is 0.332 e. The van der Waals surface area contributed by atoms with E-state index >= 15 is 0 Å². The molecule has 142 valence electrons. The van der Waals surface area contributed by atoms with Crippen molar-refractivity contribution in [2.75, 3.05) is 25.5 Å². The first kappa shape index (κ1) is 16.1. The highest BCUT2D eigenvalue weighted by molar-refractivity contribution is 5.98. The Morgan fingerprint density at radius 1 is 1.33 bits per heavy atom. The number of aliphatic hydroxyl groups is 1. The van der Waals surface area contributed by atoms with Gasteiger partial charge in [0, 0.05) is 42.6 Å². The van der Waals surface area contributed by atoms with Crippen molar-refractivity contribution in [1.82, 2.24) is 4.90 Å². The van der Waals surface area contributed by atoms with Gasteiger partial charge in [0.2, 0.25) is 0 Å². The molecule has 6 heteroatoms. The van der Waals surface area contributed by atoms with Gasteiger partial charge in [-0.05, 0) is 30.9 Å². The molecule has 1 spiro atoms. The van der Waals surface area contributed by atoms with Crippen LogP contribution >= 0.6 is 0 Å². The summed E-state index contributed by atoms with van der Waals surface area (Å²) in [5, 5.41) is 14.6. The maximum absolute atomic E-state index is 13.4. The molecule has 2 aliphatic carbocycles. The van der Waals surface area contributed by atoms with Crippen LogP contribution in [0.5, 0.6) is 0 Å². The average molecular weight is 368 g/mol. The number of para-hydroxylation sites is 1. The van der Waals surface area contributed by atoms with Crippen LogP contribution in [0.3, 0.4) is 0 Å². The molecule has 4 bridgehead atoms. The van der Waals surface area contributed by atoms with Gasteiger partial charge in [-0.15, -0.1) is 0 Å². The highest BCUT2D eigenvalue weighted by Crippen LogP contribution is 2.72. The third kappa shape index (κ3) is 1.45. The van der Waals surface area contributed by atoms with E-state index in [2.05, 4.69) is 16.3 Å². The summed E-state index contributed by atoms with van der Waals surface area (Å²) in [6.45, 7) is 1.45. The van der Waals surface area contributed by atoms with Crippen molar-refractivity contribution in [3.8, 4) is 0 Å². The van der Waals surface area contributed by atoms with Crippen molar-refractivity contribution in [3.63, 3.8) is 0 Å². The van der Waals surface area contributed by atoms with Crippen molar-refractivity contribution in [3.05, 3.63) is 29.8 Å². The van der Waals surface area contributed by atoms with Gasteiger partial charge in [-0.2, -0.15) is 0 Å². The number of esters is 1. The molecule has 3 heterocycles. The predicted octanol–water partition coefficient (Wildman–Crippen LogP) is 1.08. The van der Waals surface area contributed by atoms with Crippen molar-refractivity contribution in [1.29, 1.82) is 0 Å². The highest BCUT2D eigenvalue weighted by Gasteiger charge is 2.82. The maximum atomic E-state index is 13.4. The average Bonchev–Trinajstić information content (AvgIpc) is 3.16. The molecule has 2 saturated carbocycles. The summed E-state index contributed by atoms with van der Waals surface area (Å²) in [4.78, 5) is 29.1. The summed E-state index contributed by atoms with van der Waals surface area (Å²) in [7, 11) is 1.43. The number of anilines is 1. The van der Waals surface area contributed by atoms with E-state index in [1.807, 2.05) is 18.2 Å². The first-order valence-corrected chi connectivity index (χ1v) is 9.92. The maximum Gasteiger partial charge on any atom is 0.332 e. The lowest BCUT2D eigenvalue weighted by molar-refractivity contribution is -0.178. The van der Waals surface area contributed by atoms with Gasteiger partial charge < -0.3 is 15.2 Å². The third-order valence-electron chi connectivity index (χ3n) is 8.48. The largest absolute Gasteiger partial charge is 0.467 e. The number of aliphatic hydroxyl groups excluding tert-OH is 1. The van der Waals surface area contributed by atoms with E-state index in [-0.39, 0.29) is 23.7 Å². The summed E-state index contributed by atoms with van der Waals surface area (Å²) < 4.78 is 5.32. The van der Waals surface area contributed by atoms with Crippen LogP contribution < -0.4 is 5.32 Å². The molecule has 5 aliphatic rings. The molecule has 27 heavy (non-hydrogen) atoms. The lowest BCUT2D eigenvalue weighted by Crippen LogP contribution is -2.78. The number of rotatable bonds is 1. The fourth-order valence-corrected chi connectivity index (χ4v) is 7.73. The van der Waals surface area contributed by atoms with Gasteiger partial charge in [0.15, 0.2) is 0 Å². The fraction of sp³-hybridized carbons (Fsp3) is 0.619. The highest BCUT2D eigenvalue weighted by atomic mass is 16.5. The lowest BCUT2D eigenvalue weighted by atomic mass is 9.41. The van der Waals surface area contributed by atoms with Gasteiger partial charge in [0.1, 0.15) is 11.3 Å². The molecule has 2 saturated heterocycles. The lowest BCUT2D eigenvalue weighted by Gasteiger charge is -2.65. The Labute approximate surface area is 157 Å². The van der Waals surface area contributed by atoms with Crippen LogP contribution in [0.1, 0.15) is 31.2 Å². The Morgan fingerprint density at radius 3 is 2.96 bits per heavy atom. The zero-order chi connectivity index (χ0) is 18.6. The zero-order valence-corrected chi connectivity index (χ0v) is 15.4. The Bertz CT molecular complexity index is 887. The zero-order valence-electron chi connectivity index (χ0n) is 15.4. The number of fused-ring (bicyclic) bond motifs is 1. The van der Waals surface area contributed by atoms with Crippen molar-refractivity contribution < 1.29 is 19.4 Å². The molecular weight excluding hydrogens is 344 g/mol. The Hall–Kier alpha value is -1.92. The van der Waals surface area contributed by atoms with Crippen molar-refractivity contribution in [2.45, 2.75) is 48.8 Å². The first-order valence-electron chi connectivity index (χ1n) is 9.92. The molecule has 0 radical (unpaired) electrons. The van der Waals surface area contributed by atoms with E-state index in [1.165, 1.54) is 7.11 Å². The molecule has 6 nitrogen and oxygen atoms in total. The van der Waals surface area contributed by atoms with Gasteiger partial charge in [-0.1, -0.05) is 18.2 Å². The third-order valence-corrected chi connectivity index (χ3v) is 8.48. The minimum absolute atomic E-state index is 0.0135. The number of ether oxygens (including phenoxy) is 1. The summed E-state index contributed by atoms with van der Waals surface area (Å²) in [5.74, 6) is -0.327. The van der Waals surface area contributed by atoms with Gasteiger partial charge >= 0.3 is 5.97 Å². The second-order valence-corrected chi connectivity index (χ2v) is 9.07. The van der Waals surface area contributed by atoms with E-state index in [0.29, 0.717) is 32.2 Å². The van der Waals surface area contributed by atoms with Gasteiger partial charge in [0.05, 0.1) is 18.6 Å².